The van der Waals surface area contributed by atoms with Gasteiger partial charge in [0.15, 0.2) is 0 Å². The molecule has 0 aromatic heterocycles. The molecule has 0 aliphatic rings. The van der Waals surface area contributed by atoms with Gasteiger partial charge >= 0.3 is 0 Å². The molecular weight excluding hydrogens is 488 g/mol. The number of rotatable bonds is 6. The molecule has 7 nitrogen and oxygen atoms in total. The number of aliphatic hydroxyl groups excluding tert-OH is 1. The van der Waals surface area contributed by atoms with E-state index in [1.54, 1.807) is 37.5 Å². The number of aromatic hydroxyl groups is 1. The molecule has 1 unspecified atom stereocenters. The van der Waals surface area contributed by atoms with E-state index in [1.807, 2.05) is 45.2 Å². The first-order chi connectivity index (χ1) is 17.5. The molecular formula is C29H40N2O5S. The van der Waals surface area contributed by atoms with Crippen molar-refractivity contribution in [1.29, 1.82) is 0 Å². The molecule has 0 bridgehead atoms. The molecule has 8 heteroatoms. The Morgan fingerprint density at radius 2 is 1.51 bits per heavy atom. The number of sulfonamides is 1. The van der Waals surface area contributed by atoms with Crippen LogP contribution in [-0.2, 0) is 10.0 Å². The lowest BCUT2D eigenvalue weighted by Gasteiger charge is -2.14. The summed E-state index contributed by atoms with van der Waals surface area (Å²) < 4.78 is 26.6. The van der Waals surface area contributed by atoms with Gasteiger partial charge in [0, 0.05) is 19.9 Å². The number of methoxy groups -OCH3 is 1. The molecule has 0 spiro atoms. The quantitative estimate of drug-likeness (QED) is 0.290. The predicted octanol–water partition coefficient (Wildman–Crippen LogP) is 5.46. The van der Waals surface area contributed by atoms with Crippen LogP contribution in [0, 0.1) is 6.92 Å². The average Bonchev–Trinajstić information content (AvgIpc) is 2.89. The van der Waals surface area contributed by atoms with E-state index in [1.165, 1.54) is 17.7 Å². The molecule has 0 saturated carbocycles. The molecule has 0 heterocycles. The topological polar surface area (TPSA) is 122 Å². The zero-order chi connectivity index (χ0) is 28.4. The van der Waals surface area contributed by atoms with Gasteiger partial charge in [-0.2, -0.15) is 0 Å². The van der Waals surface area contributed by atoms with Gasteiger partial charge in [0.1, 0.15) is 11.5 Å². The van der Waals surface area contributed by atoms with Gasteiger partial charge < -0.3 is 14.9 Å². The van der Waals surface area contributed by atoms with E-state index in [0.29, 0.717) is 5.92 Å². The second-order valence-corrected chi connectivity index (χ2v) is 9.42. The van der Waals surface area contributed by atoms with E-state index in [-0.39, 0.29) is 10.6 Å². The summed E-state index contributed by atoms with van der Waals surface area (Å²) in [5, 5.41) is 21.2. The van der Waals surface area contributed by atoms with Gasteiger partial charge in [0.2, 0.25) is 10.0 Å². The molecule has 202 valence electrons. The Morgan fingerprint density at radius 1 is 1.03 bits per heavy atom. The number of allylic oxidation sites excluding steroid dienone is 1. The molecule has 3 rings (SSSR count). The Morgan fingerprint density at radius 3 is 1.92 bits per heavy atom. The number of hydrogen-bond acceptors (Lipinski definition) is 6. The first-order valence-electron chi connectivity index (χ1n) is 11.6. The zero-order valence-electron chi connectivity index (χ0n) is 22.5. The van der Waals surface area contributed by atoms with Crippen molar-refractivity contribution >= 4 is 15.7 Å². The molecule has 0 amide bonds. The normalized spacial score (nSPS) is 11.3. The lowest BCUT2D eigenvalue weighted by atomic mass is 9.92. The summed E-state index contributed by atoms with van der Waals surface area (Å²) >= 11 is 0. The fraction of sp³-hybridized carbons (Fsp3) is 0.276. The molecule has 0 fully saturated rings. The Hall–Kier alpha value is -3.46. The Balaban J connectivity index is 0.000000679. The molecule has 37 heavy (non-hydrogen) atoms. The fourth-order valence-corrected chi connectivity index (χ4v) is 3.58. The minimum Gasteiger partial charge on any atom is -0.508 e. The third kappa shape index (κ3) is 12.9. The maximum atomic E-state index is 10.7. The summed E-state index contributed by atoms with van der Waals surface area (Å²) in [6.07, 6.45) is 2.60. The first kappa shape index (κ1) is 33.5. The van der Waals surface area contributed by atoms with Crippen molar-refractivity contribution in [2.45, 2.75) is 38.0 Å². The minimum atomic E-state index is -3.52. The van der Waals surface area contributed by atoms with Crippen LogP contribution in [0.5, 0.6) is 11.5 Å². The van der Waals surface area contributed by atoms with E-state index in [9.17, 15) is 13.5 Å². The van der Waals surface area contributed by atoms with Crippen molar-refractivity contribution in [3.8, 4) is 11.5 Å². The third-order valence-corrected chi connectivity index (χ3v) is 5.93. The SMILES string of the molecule is C=CC.CN=C(CC(C)c1ccc(OC)cc1)c1ccc(O)cc1.CO.Cc1ccc(S(N)(=O)=O)cc1. The molecule has 4 N–H and O–H groups in total. The summed E-state index contributed by atoms with van der Waals surface area (Å²) in [7, 11) is 0.961. The molecule has 0 aliphatic heterocycles. The number of aliphatic hydroxyl groups is 1. The van der Waals surface area contributed by atoms with Crippen LogP contribution in [0.1, 0.15) is 42.9 Å². The van der Waals surface area contributed by atoms with Crippen molar-refractivity contribution in [3.05, 3.63) is 102 Å². The molecule has 3 aromatic rings. The van der Waals surface area contributed by atoms with Crippen LogP contribution in [0.3, 0.4) is 0 Å². The summed E-state index contributed by atoms with van der Waals surface area (Å²) in [6, 6.07) is 21.7. The van der Waals surface area contributed by atoms with Crippen LogP contribution in [-0.4, -0.2) is 45.6 Å². The van der Waals surface area contributed by atoms with Crippen LogP contribution in [0.2, 0.25) is 0 Å². The van der Waals surface area contributed by atoms with Gasteiger partial charge in [0.25, 0.3) is 0 Å². The standard InChI is InChI=1S/C18H21NO2.C7H9NO2S.C3H6.CH4O/c1-13(14-6-10-17(21-3)11-7-14)12-18(19-2)15-4-8-16(20)9-5-15;1-6-2-4-7(5-3-6)11(8,9)10;1-3-2;1-2/h4-11,13,20H,12H2,1-3H3;2-5H,1H3,(H2,8,9,10);3H,1H2,2H3;2H,1H3. The van der Waals surface area contributed by atoms with E-state index in [0.717, 1.165) is 36.1 Å². The van der Waals surface area contributed by atoms with E-state index in [4.69, 9.17) is 15.0 Å². The highest BCUT2D eigenvalue weighted by Crippen LogP contribution is 2.24. The third-order valence-electron chi connectivity index (χ3n) is 5.00. The Bertz CT molecular complexity index is 1170. The Labute approximate surface area is 222 Å². The second kappa shape index (κ2) is 17.9. The van der Waals surface area contributed by atoms with Crippen LogP contribution in [0.25, 0.3) is 0 Å². The maximum Gasteiger partial charge on any atom is 0.238 e. The smallest absolute Gasteiger partial charge is 0.238 e. The number of aliphatic imine (C=N–C) groups is 1. The number of aryl methyl sites for hydroxylation is 1. The fourth-order valence-electron chi connectivity index (χ4n) is 3.06. The predicted molar refractivity (Wildman–Crippen MR) is 153 cm³/mol. The van der Waals surface area contributed by atoms with Gasteiger partial charge in [0.05, 0.1) is 12.0 Å². The van der Waals surface area contributed by atoms with Crippen molar-refractivity contribution in [1.82, 2.24) is 0 Å². The zero-order valence-corrected chi connectivity index (χ0v) is 23.4. The number of hydrogen-bond donors (Lipinski definition) is 3. The number of primary sulfonamides is 1. The van der Waals surface area contributed by atoms with Gasteiger partial charge in [-0.3, -0.25) is 4.99 Å². The van der Waals surface area contributed by atoms with Crippen molar-refractivity contribution in [3.63, 3.8) is 0 Å². The minimum absolute atomic E-state index is 0.156. The van der Waals surface area contributed by atoms with Crippen molar-refractivity contribution in [2.24, 2.45) is 10.1 Å². The number of nitrogens with two attached hydrogens (primary N) is 1. The first-order valence-corrected chi connectivity index (χ1v) is 13.1. The monoisotopic (exact) mass is 528 g/mol. The number of phenolic OH excluding ortho intramolecular Hbond substituents is 1. The highest BCUT2D eigenvalue weighted by Gasteiger charge is 2.11. The largest absolute Gasteiger partial charge is 0.508 e. The van der Waals surface area contributed by atoms with E-state index < -0.39 is 10.0 Å². The van der Waals surface area contributed by atoms with Crippen LogP contribution >= 0.6 is 0 Å². The summed E-state index contributed by atoms with van der Waals surface area (Å²) in [6.45, 7) is 9.32. The van der Waals surface area contributed by atoms with Gasteiger partial charge in [-0.15, -0.1) is 6.58 Å². The van der Waals surface area contributed by atoms with Crippen molar-refractivity contribution < 1.29 is 23.4 Å². The van der Waals surface area contributed by atoms with Gasteiger partial charge in [-0.05, 0) is 85.8 Å². The highest BCUT2D eigenvalue weighted by molar-refractivity contribution is 7.89. The van der Waals surface area contributed by atoms with Gasteiger partial charge in [-0.25, -0.2) is 13.6 Å². The molecule has 0 saturated heterocycles. The number of ether oxygens (including phenoxy) is 1. The summed E-state index contributed by atoms with van der Waals surface area (Å²) in [5.41, 5.74) is 4.36. The van der Waals surface area contributed by atoms with Crippen molar-refractivity contribution in [2.75, 3.05) is 21.3 Å². The van der Waals surface area contributed by atoms with E-state index in [2.05, 4.69) is 30.6 Å². The highest BCUT2D eigenvalue weighted by atomic mass is 32.2. The van der Waals surface area contributed by atoms with Crippen LogP contribution in [0.4, 0.5) is 0 Å². The number of phenols is 1. The molecule has 3 aromatic carbocycles. The van der Waals surface area contributed by atoms with Crippen LogP contribution in [0.15, 0.2) is 95.3 Å². The number of nitrogens with zero attached hydrogens (tertiary/aromatic N) is 1. The lowest BCUT2D eigenvalue weighted by Crippen LogP contribution is -2.11. The molecule has 0 radical (unpaired) electrons. The summed E-state index contributed by atoms with van der Waals surface area (Å²) in [4.78, 5) is 4.55. The Kier molecular flexibility index (Phi) is 16.2. The molecule has 1 atom stereocenters. The number of benzene rings is 3. The second-order valence-electron chi connectivity index (χ2n) is 7.86. The lowest BCUT2D eigenvalue weighted by molar-refractivity contribution is 0.399. The molecule has 0 aliphatic carbocycles. The summed E-state index contributed by atoms with van der Waals surface area (Å²) in [5.74, 6) is 1.51. The maximum absolute atomic E-state index is 10.7. The van der Waals surface area contributed by atoms with Crippen LogP contribution < -0.4 is 9.88 Å². The average molecular weight is 529 g/mol. The van der Waals surface area contributed by atoms with E-state index >= 15 is 0 Å². The van der Waals surface area contributed by atoms with Gasteiger partial charge in [-0.1, -0.05) is 42.8 Å².